The molecule has 0 spiro atoms. The van der Waals surface area contributed by atoms with Crippen molar-refractivity contribution in [3.8, 4) is 0 Å². The van der Waals surface area contributed by atoms with Crippen LogP contribution in [0.5, 0.6) is 0 Å². The van der Waals surface area contributed by atoms with Crippen LogP contribution >= 0.6 is 15.9 Å². The number of benzene rings is 1. The normalized spacial score (nSPS) is 9.42. The van der Waals surface area contributed by atoms with Gasteiger partial charge in [0.2, 0.25) is 5.91 Å². The van der Waals surface area contributed by atoms with E-state index in [0.717, 1.165) is 5.56 Å². The molecule has 1 rings (SSSR count). The van der Waals surface area contributed by atoms with Gasteiger partial charge in [0.15, 0.2) is 0 Å². The number of carbonyl (C=O) groups excluding carboxylic acids is 1. The maximum Gasteiger partial charge on any atom is 0.231 e. The van der Waals surface area contributed by atoms with Crippen molar-refractivity contribution in [2.45, 2.75) is 0 Å². The van der Waals surface area contributed by atoms with Crippen molar-refractivity contribution in [1.82, 2.24) is 5.32 Å². The van der Waals surface area contributed by atoms with Crippen LogP contribution in [-0.4, -0.2) is 11.2 Å². The van der Waals surface area contributed by atoms with Gasteiger partial charge in [0.25, 0.3) is 0 Å². The molecule has 0 heterocycles. The number of hydrogen-bond donors (Lipinski definition) is 1. The number of rotatable bonds is 3. The Hall–Kier alpha value is -0.830. The van der Waals surface area contributed by atoms with Gasteiger partial charge in [-0.05, 0) is 5.56 Å². The third kappa shape index (κ3) is 3.05. The molecule has 1 radical (unpaired) electrons. The summed E-state index contributed by atoms with van der Waals surface area (Å²) in [7, 11) is 0. The summed E-state index contributed by atoms with van der Waals surface area (Å²) in [6.07, 6.45) is 0. The van der Waals surface area contributed by atoms with E-state index in [-0.39, 0.29) is 5.91 Å². The van der Waals surface area contributed by atoms with E-state index in [0.29, 0.717) is 5.33 Å². The molecule has 0 atom stereocenters. The van der Waals surface area contributed by atoms with Crippen LogP contribution < -0.4 is 5.32 Å². The highest BCUT2D eigenvalue weighted by Crippen LogP contribution is 1.98. The zero-order valence-corrected chi connectivity index (χ0v) is 8.04. The lowest BCUT2D eigenvalue weighted by molar-refractivity contribution is -0.117. The van der Waals surface area contributed by atoms with Gasteiger partial charge in [-0.15, -0.1) is 0 Å². The Balaban J connectivity index is 2.38. The maximum atomic E-state index is 10.8. The number of amides is 1. The van der Waals surface area contributed by atoms with E-state index >= 15 is 0 Å². The van der Waals surface area contributed by atoms with Crippen LogP contribution in [0, 0.1) is 6.54 Å². The predicted octanol–water partition coefficient (Wildman–Crippen LogP) is 1.71. The van der Waals surface area contributed by atoms with Gasteiger partial charge in [-0.1, -0.05) is 46.3 Å². The Labute approximate surface area is 80.1 Å². The molecular weight excluding hydrogens is 218 g/mol. The highest BCUT2D eigenvalue weighted by molar-refractivity contribution is 9.09. The Morgan fingerprint density at radius 2 is 2.08 bits per heavy atom. The van der Waals surface area contributed by atoms with Crippen molar-refractivity contribution < 1.29 is 4.79 Å². The second kappa shape index (κ2) is 4.93. The van der Waals surface area contributed by atoms with Crippen LogP contribution in [0.1, 0.15) is 5.56 Å². The average Bonchev–Trinajstić information content (AvgIpc) is 2.16. The average molecular weight is 227 g/mol. The summed E-state index contributed by atoms with van der Waals surface area (Å²) in [5.74, 6) is -0.0427. The van der Waals surface area contributed by atoms with E-state index in [1.165, 1.54) is 0 Å². The first kappa shape index (κ1) is 9.26. The minimum absolute atomic E-state index is 0.0427. The third-order valence-corrected chi connectivity index (χ3v) is 1.83. The van der Waals surface area contributed by atoms with Gasteiger partial charge in [0.05, 0.1) is 11.9 Å². The van der Waals surface area contributed by atoms with Gasteiger partial charge in [-0.3, -0.25) is 4.79 Å². The quantitative estimate of drug-likeness (QED) is 0.782. The van der Waals surface area contributed by atoms with Crippen LogP contribution in [0.2, 0.25) is 0 Å². The molecule has 1 amide bonds. The molecule has 0 aliphatic rings. The summed E-state index contributed by atoms with van der Waals surface area (Å²) >= 11 is 3.06. The molecular formula is C9H9BrNO. The van der Waals surface area contributed by atoms with Gasteiger partial charge >= 0.3 is 0 Å². The van der Waals surface area contributed by atoms with Crippen molar-refractivity contribution >= 4 is 21.8 Å². The molecule has 0 bridgehead atoms. The Bertz CT molecular complexity index is 248. The van der Waals surface area contributed by atoms with Gasteiger partial charge < -0.3 is 5.32 Å². The molecule has 1 N–H and O–H groups in total. The van der Waals surface area contributed by atoms with E-state index < -0.39 is 0 Å². The lowest BCUT2D eigenvalue weighted by Gasteiger charge is -2.00. The number of hydrogen-bond acceptors (Lipinski definition) is 1. The van der Waals surface area contributed by atoms with E-state index in [1.807, 2.05) is 30.3 Å². The van der Waals surface area contributed by atoms with Crippen molar-refractivity contribution in [3.05, 3.63) is 42.4 Å². The molecule has 0 saturated heterocycles. The lowest BCUT2D eigenvalue weighted by Crippen LogP contribution is -2.21. The molecule has 0 unspecified atom stereocenters. The molecule has 12 heavy (non-hydrogen) atoms. The number of halogens is 1. The standard InChI is InChI=1S/C9H9BrNO/c10-6-9(12)11-7-8-4-2-1-3-5-8/h1-5,7H,6H2,(H,11,12). The minimum atomic E-state index is -0.0427. The molecule has 0 aliphatic heterocycles. The largest absolute Gasteiger partial charge is 0.346 e. The molecule has 63 valence electrons. The number of nitrogens with one attached hydrogen (secondary N) is 1. The Morgan fingerprint density at radius 1 is 1.42 bits per heavy atom. The smallest absolute Gasteiger partial charge is 0.231 e. The van der Waals surface area contributed by atoms with Crippen molar-refractivity contribution in [2.75, 3.05) is 5.33 Å². The fourth-order valence-electron chi connectivity index (χ4n) is 0.752. The summed E-state index contributed by atoms with van der Waals surface area (Å²) in [4.78, 5) is 10.8. The number of carbonyl (C=O) groups is 1. The summed E-state index contributed by atoms with van der Waals surface area (Å²) in [6, 6.07) is 9.63. The van der Waals surface area contributed by atoms with E-state index in [1.54, 1.807) is 6.54 Å². The first-order valence-corrected chi connectivity index (χ1v) is 4.68. The topological polar surface area (TPSA) is 29.1 Å². The fraction of sp³-hybridized carbons (Fsp3) is 0.111. The van der Waals surface area contributed by atoms with Crippen LogP contribution in [0.4, 0.5) is 0 Å². The molecule has 0 aromatic heterocycles. The summed E-state index contributed by atoms with van der Waals surface area (Å²) in [5.41, 5.74) is 0.992. The Kier molecular flexibility index (Phi) is 3.80. The second-order valence-corrected chi connectivity index (χ2v) is 2.82. The highest BCUT2D eigenvalue weighted by Gasteiger charge is 1.96. The Morgan fingerprint density at radius 3 is 2.67 bits per heavy atom. The van der Waals surface area contributed by atoms with Crippen molar-refractivity contribution in [1.29, 1.82) is 0 Å². The van der Waals surface area contributed by atoms with Crippen LogP contribution in [0.3, 0.4) is 0 Å². The van der Waals surface area contributed by atoms with Gasteiger partial charge in [-0.25, -0.2) is 0 Å². The monoisotopic (exact) mass is 226 g/mol. The maximum absolute atomic E-state index is 10.8. The van der Waals surface area contributed by atoms with Crippen LogP contribution in [0.15, 0.2) is 30.3 Å². The molecule has 0 aliphatic carbocycles. The molecule has 0 fully saturated rings. The zero-order valence-electron chi connectivity index (χ0n) is 6.46. The van der Waals surface area contributed by atoms with Crippen LogP contribution in [-0.2, 0) is 4.79 Å². The molecule has 0 saturated carbocycles. The molecule has 1 aromatic rings. The first-order chi connectivity index (χ1) is 5.83. The van der Waals surface area contributed by atoms with Gasteiger partial charge in [0.1, 0.15) is 0 Å². The molecule has 3 heteroatoms. The number of alkyl halides is 1. The van der Waals surface area contributed by atoms with E-state index in [9.17, 15) is 4.79 Å². The summed E-state index contributed by atoms with van der Waals surface area (Å²) < 4.78 is 0. The summed E-state index contributed by atoms with van der Waals surface area (Å²) in [5, 5.41) is 2.97. The lowest BCUT2D eigenvalue weighted by atomic mass is 10.2. The summed E-state index contributed by atoms with van der Waals surface area (Å²) in [6.45, 7) is 1.68. The van der Waals surface area contributed by atoms with Crippen LogP contribution in [0.25, 0.3) is 0 Å². The van der Waals surface area contributed by atoms with E-state index in [2.05, 4.69) is 21.2 Å². The van der Waals surface area contributed by atoms with Gasteiger partial charge in [0, 0.05) is 0 Å². The SMILES string of the molecule is O=C(CBr)N[CH]c1ccccc1. The third-order valence-electron chi connectivity index (χ3n) is 1.32. The minimum Gasteiger partial charge on any atom is -0.346 e. The fourth-order valence-corrected chi connectivity index (χ4v) is 0.914. The highest BCUT2D eigenvalue weighted by atomic mass is 79.9. The molecule has 2 nitrogen and oxygen atoms in total. The predicted molar refractivity (Wildman–Crippen MR) is 51.8 cm³/mol. The van der Waals surface area contributed by atoms with Crippen molar-refractivity contribution in [2.24, 2.45) is 0 Å². The second-order valence-electron chi connectivity index (χ2n) is 2.26. The van der Waals surface area contributed by atoms with Crippen molar-refractivity contribution in [3.63, 3.8) is 0 Å². The molecule has 1 aromatic carbocycles. The zero-order chi connectivity index (χ0) is 8.81. The van der Waals surface area contributed by atoms with E-state index in [4.69, 9.17) is 0 Å². The first-order valence-electron chi connectivity index (χ1n) is 3.56. The van der Waals surface area contributed by atoms with Gasteiger partial charge in [-0.2, -0.15) is 0 Å².